The topological polar surface area (TPSA) is 138 Å². The summed E-state index contributed by atoms with van der Waals surface area (Å²) in [5.41, 5.74) is 6.90. The van der Waals surface area contributed by atoms with Gasteiger partial charge in [-0.25, -0.2) is 0 Å². The molecule has 9 nitrogen and oxygen atoms in total. The first kappa shape index (κ1) is 23.0. The molecular formula is C27H21NO8. The van der Waals surface area contributed by atoms with Crippen molar-refractivity contribution in [3.8, 4) is 34.1 Å². The molecule has 1 aliphatic rings. The van der Waals surface area contributed by atoms with Crippen LogP contribution >= 0.6 is 0 Å². The lowest BCUT2D eigenvalue weighted by Crippen LogP contribution is -2.22. The Morgan fingerprint density at radius 2 is 1.78 bits per heavy atom. The van der Waals surface area contributed by atoms with Gasteiger partial charge in [0.1, 0.15) is 40.2 Å². The molecule has 2 heterocycles. The standard InChI is InChI=1S/C27H21NO8/c1-33-16-6-2-15(3-7-16)19-12-35-27-24-18(14-4-8-17(9-5-14)34-13-22(28)30)10-23(31)36-21(24)11-20(29)25(27)26(19)32/h2-9,11-12,18,29H,10,13H2,1H3,(H2,28,30)/t18-/m1/s1. The van der Waals surface area contributed by atoms with Crippen LogP contribution in [0.1, 0.15) is 23.5 Å². The van der Waals surface area contributed by atoms with E-state index in [2.05, 4.69) is 0 Å². The summed E-state index contributed by atoms with van der Waals surface area (Å²) in [5.74, 6) is -0.758. The molecule has 3 N–H and O–H groups in total. The molecular weight excluding hydrogens is 466 g/mol. The normalized spacial score (nSPS) is 14.7. The third-order valence-electron chi connectivity index (χ3n) is 6.04. The van der Waals surface area contributed by atoms with E-state index >= 15 is 0 Å². The van der Waals surface area contributed by atoms with E-state index in [1.165, 1.54) is 12.3 Å². The molecule has 182 valence electrons. The number of rotatable bonds is 6. The van der Waals surface area contributed by atoms with Crippen LogP contribution in [0, 0.1) is 0 Å². The third kappa shape index (κ3) is 4.11. The van der Waals surface area contributed by atoms with Crippen molar-refractivity contribution in [2.45, 2.75) is 12.3 Å². The maximum absolute atomic E-state index is 13.5. The second kappa shape index (κ2) is 9.10. The van der Waals surface area contributed by atoms with E-state index in [1.54, 1.807) is 55.6 Å². The van der Waals surface area contributed by atoms with E-state index < -0.39 is 23.2 Å². The number of hydrogen-bond donors (Lipinski definition) is 2. The van der Waals surface area contributed by atoms with Crippen LogP contribution in [0.15, 0.2) is 70.1 Å². The third-order valence-corrected chi connectivity index (χ3v) is 6.04. The Kier molecular flexibility index (Phi) is 5.81. The summed E-state index contributed by atoms with van der Waals surface area (Å²) < 4.78 is 21.8. The molecule has 0 saturated carbocycles. The fourth-order valence-electron chi connectivity index (χ4n) is 4.34. The second-order valence-corrected chi connectivity index (χ2v) is 8.27. The number of aromatic hydroxyl groups is 1. The molecule has 9 heteroatoms. The number of methoxy groups -OCH3 is 1. The van der Waals surface area contributed by atoms with Crippen LogP contribution in [-0.2, 0) is 9.59 Å². The van der Waals surface area contributed by atoms with Gasteiger partial charge in [-0.05, 0) is 35.4 Å². The van der Waals surface area contributed by atoms with Crippen LogP contribution in [0.3, 0.4) is 0 Å². The number of ether oxygens (including phenoxy) is 3. The number of primary amides is 1. The molecule has 0 fully saturated rings. The lowest BCUT2D eigenvalue weighted by molar-refractivity contribution is -0.135. The molecule has 0 spiro atoms. The lowest BCUT2D eigenvalue weighted by Gasteiger charge is -2.26. The summed E-state index contributed by atoms with van der Waals surface area (Å²) in [4.78, 5) is 36.8. The summed E-state index contributed by atoms with van der Waals surface area (Å²) >= 11 is 0. The quantitative estimate of drug-likeness (QED) is 0.311. The van der Waals surface area contributed by atoms with Crippen molar-refractivity contribution < 1.29 is 33.3 Å². The van der Waals surface area contributed by atoms with Crippen molar-refractivity contribution in [2.24, 2.45) is 5.73 Å². The van der Waals surface area contributed by atoms with Crippen molar-refractivity contribution in [1.82, 2.24) is 0 Å². The van der Waals surface area contributed by atoms with Gasteiger partial charge in [-0.2, -0.15) is 0 Å². The number of phenolic OH excluding ortho intramolecular Hbond substituents is 1. The molecule has 5 rings (SSSR count). The molecule has 0 aliphatic carbocycles. The molecule has 3 aromatic carbocycles. The van der Waals surface area contributed by atoms with Gasteiger partial charge in [-0.1, -0.05) is 24.3 Å². The lowest BCUT2D eigenvalue weighted by atomic mass is 9.85. The smallest absolute Gasteiger partial charge is 0.312 e. The van der Waals surface area contributed by atoms with Crippen LogP contribution in [0.5, 0.6) is 23.0 Å². The monoisotopic (exact) mass is 487 g/mol. The van der Waals surface area contributed by atoms with E-state index in [1.807, 2.05) is 0 Å². The minimum Gasteiger partial charge on any atom is -0.507 e. The molecule has 1 atom stereocenters. The highest BCUT2D eigenvalue weighted by molar-refractivity contribution is 5.94. The van der Waals surface area contributed by atoms with Gasteiger partial charge < -0.3 is 29.5 Å². The first-order valence-electron chi connectivity index (χ1n) is 11.0. The van der Waals surface area contributed by atoms with E-state index in [0.717, 1.165) is 5.56 Å². The van der Waals surface area contributed by atoms with Gasteiger partial charge in [0.2, 0.25) is 5.43 Å². The number of benzene rings is 3. The Morgan fingerprint density at radius 3 is 2.44 bits per heavy atom. The van der Waals surface area contributed by atoms with Crippen molar-refractivity contribution in [3.05, 3.63) is 82.2 Å². The summed E-state index contributed by atoms with van der Waals surface area (Å²) in [6, 6.07) is 14.9. The molecule has 0 saturated heterocycles. The molecule has 1 aliphatic heterocycles. The highest BCUT2D eigenvalue weighted by atomic mass is 16.5. The van der Waals surface area contributed by atoms with Crippen LogP contribution in [0.25, 0.3) is 22.1 Å². The van der Waals surface area contributed by atoms with Crippen molar-refractivity contribution in [1.29, 1.82) is 0 Å². The van der Waals surface area contributed by atoms with Gasteiger partial charge in [0, 0.05) is 17.5 Å². The molecule has 36 heavy (non-hydrogen) atoms. The van der Waals surface area contributed by atoms with Gasteiger partial charge in [-0.3, -0.25) is 14.4 Å². The Morgan fingerprint density at radius 1 is 1.08 bits per heavy atom. The SMILES string of the molecule is COc1ccc(-c2coc3c4c(cc(O)c3c2=O)OC(=O)C[C@@H]4c2ccc(OCC(N)=O)cc2)cc1. The number of phenols is 1. The first-order valence-corrected chi connectivity index (χ1v) is 11.0. The summed E-state index contributed by atoms with van der Waals surface area (Å²) in [6.45, 7) is -0.260. The average molecular weight is 487 g/mol. The van der Waals surface area contributed by atoms with Gasteiger partial charge >= 0.3 is 5.97 Å². The number of esters is 1. The van der Waals surface area contributed by atoms with E-state index in [9.17, 15) is 19.5 Å². The Labute approximate surface area is 204 Å². The Balaban J connectivity index is 1.62. The molecule has 1 amide bonds. The van der Waals surface area contributed by atoms with Gasteiger partial charge in [-0.15, -0.1) is 0 Å². The molecule has 0 unspecified atom stereocenters. The zero-order valence-corrected chi connectivity index (χ0v) is 19.1. The number of nitrogens with two attached hydrogens (primary N) is 1. The first-order chi connectivity index (χ1) is 17.4. The van der Waals surface area contributed by atoms with Gasteiger partial charge in [0.05, 0.1) is 19.1 Å². The number of hydrogen-bond acceptors (Lipinski definition) is 8. The number of amides is 1. The summed E-state index contributed by atoms with van der Waals surface area (Å²) in [7, 11) is 1.55. The zero-order chi connectivity index (χ0) is 25.4. The van der Waals surface area contributed by atoms with Crippen LogP contribution in [-0.4, -0.2) is 30.7 Å². The summed E-state index contributed by atoms with van der Waals surface area (Å²) in [5, 5.41) is 10.7. The Bertz CT molecular complexity index is 1540. The van der Waals surface area contributed by atoms with Crippen LogP contribution in [0.2, 0.25) is 0 Å². The predicted octanol–water partition coefficient (Wildman–Crippen LogP) is 3.48. The number of carbonyl (C=O) groups is 2. The van der Waals surface area contributed by atoms with E-state index in [0.29, 0.717) is 22.6 Å². The molecule has 1 aromatic heterocycles. The molecule has 0 bridgehead atoms. The minimum absolute atomic E-state index is 0.00168. The molecule has 4 aromatic rings. The van der Waals surface area contributed by atoms with E-state index in [4.69, 9.17) is 24.4 Å². The Hall–Kier alpha value is -4.79. The summed E-state index contributed by atoms with van der Waals surface area (Å²) in [6.07, 6.45) is 1.33. The van der Waals surface area contributed by atoms with Gasteiger partial charge in [0.25, 0.3) is 5.91 Å². The minimum atomic E-state index is -0.599. The van der Waals surface area contributed by atoms with Crippen molar-refractivity contribution >= 4 is 22.8 Å². The van der Waals surface area contributed by atoms with Gasteiger partial charge in [0.15, 0.2) is 6.61 Å². The van der Waals surface area contributed by atoms with Crippen LogP contribution < -0.4 is 25.4 Å². The zero-order valence-electron chi connectivity index (χ0n) is 19.1. The highest BCUT2D eigenvalue weighted by Crippen LogP contribution is 2.45. The molecule has 0 radical (unpaired) electrons. The fraction of sp³-hybridized carbons (Fsp3) is 0.148. The second-order valence-electron chi connectivity index (χ2n) is 8.27. The largest absolute Gasteiger partial charge is 0.507 e. The predicted molar refractivity (Wildman–Crippen MR) is 129 cm³/mol. The number of carbonyl (C=O) groups excluding carboxylic acids is 2. The van der Waals surface area contributed by atoms with Crippen molar-refractivity contribution in [3.63, 3.8) is 0 Å². The van der Waals surface area contributed by atoms with Crippen LogP contribution in [0.4, 0.5) is 0 Å². The number of fused-ring (bicyclic) bond motifs is 3. The maximum atomic E-state index is 13.5. The fourth-order valence-corrected chi connectivity index (χ4v) is 4.34. The maximum Gasteiger partial charge on any atom is 0.312 e. The van der Waals surface area contributed by atoms with E-state index in [-0.39, 0.29) is 41.1 Å². The average Bonchev–Trinajstić information content (AvgIpc) is 2.87. The van der Waals surface area contributed by atoms with Crippen molar-refractivity contribution in [2.75, 3.05) is 13.7 Å². The highest BCUT2D eigenvalue weighted by Gasteiger charge is 2.33.